The van der Waals surface area contributed by atoms with Gasteiger partial charge < -0.3 is 15.4 Å². The van der Waals surface area contributed by atoms with Gasteiger partial charge in [0.2, 0.25) is 5.91 Å². The van der Waals surface area contributed by atoms with Gasteiger partial charge in [-0.2, -0.15) is 0 Å². The molecule has 0 aromatic heterocycles. The summed E-state index contributed by atoms with van der Waals surface area (Å²) in [4.78, 5) is 11.3. The number of rotatable bonds is 3. The molecule has 4 nitrogen and oxygen atoms in total. The van der Waals surface area contributed by atoms with Crippen LogP contribution in [0.1, 0.15) is 24.8 Å². The van der Waals surface area contributed by atoms with Crippen LogP contribution < -0.4 is 15.4 Å². The number of nitrogens with one attached hydrogen (secondary N) is 2. The van der Waals surface area contributed by atoms with Crippen LogP contribution in [-0.2, 0) is 11.2 Å². The van der Waals surface area contributed by atoms with E-state index in [1.54, 1.807) is 0 Å². The molecule has 0 saturated carbocycles. The van der Waals surface area contributed by atoms with Crippen LogP contribution in [0.4, 0.5) is 5.69 Å². The first-order chi connectivity index (χ1) is 9.31. The average Bonchev–Trinajstić information content (AvgIpc) is 2.46. The van der Waals surface area contributed by atoms with Crippen molar-refractivity contribution in [1.82, 2.24) is 5.32 Å². The van der Waals surface area contributed by atoms with E-state index in [1.807, 2.05) is 12.1 Å². The minimum Gasteiger partial charge on any atom is -0.493 e. The summed E-state index contributed by atoms with van der Waals surface area (Å²) in [6, 6.07) is 5.95. The van der Waals surface area contributed by atoms with Crippen molar-refractivity contribution in [3.8, 4) is 5.75 Å². The van der Waals surface area contributed by atoms with E-state index in [9.17, 15) is 4.79 Å². The number of fused-ring (bicyclic) bond motifs is 1. The lowest BCUT2D eigenvalue weighted by Gasteiger charge is -2.23. The fourth-order valence-electron chi connectivity index (χ4n) is 2.73. The number of carbonyl (C=O) groups excluding carboxylic acids is 1. The summed E-state index contributed by atoms with van der Waals surface area (Å²) in [6.45, 7) is 2.97. The monoisotopic (exact) mass is 260 g/mol. The lowest BCUT2D eigenvalue weighted by Crippen LogP contribution is -2.33. The molecule has 2 heterocycles. The minimum absolute atomic E-state index is 0.106. The highest BCUT2D eigenvalue weighted by molar-refractivity contribution is 5.93. The fraction of sp³-hybridized carbons (Fsp3) is 0.533. The van der Waals surface area contributed by atoms with Crippen LogP contribution in [0.5, 0.6) is 5.75 Å². The molecule has 1 fully saturated rings. The van der Waals surface area contributed by atoms with Crippen molar-refractivity contribution in [2.45, 2.75) is 25.7 Å². The quantitative estimate of drug-likeness (QED) is 0.873. The molecule has 1 aromatic rings. The Bertz CT molecular complexity index is 467. The van der Waals surface area contributed by atoms with Gasteiger partial charge in [-0.1, -0.05) is 0 Å². The van der Waals surface area contributed by atoms with Crippen LogP contribution in [0.2, 0.25) is 0 Å². The van der Waals surface area contributed by atoms with Gasteiger partial charge in [0.05, 0.1) is 6.61 Å². The number of hydrogen-bond acceptors (Lipinski definition) is 3. The van der Waals surface area contributed by atoms with Crippen LogP contribution in [-0.4, -0.2) is 25.6 Å². The molecule has 0 spiro atoms. The van der Waals surface area contributed by atoms with Gasteiger partial charge in [-0.15, -0.1) is 0 Å². The molecule has 4 heteroatoms. The standard InChI is InChI=1S/C15H20N2O2/c18-15-6-3-12-8-13(4-5-14(12)17-15)19-10-11-2-1-7-16-9-11/h4-5,8,11,16H,1-3,6-7,9-10H2,(H,17,18). The number of hydrogen-bond donors (Lipinski definition) is 2. The van der Waals surface area contributed by atoms with E-state index in [-0.39, 0.29) is 5.91 Å². The van der Waals surface area contributed by atoms with Crippen LogP contribution in [0.25, 0.3) is 0 Å². The Kier molecular flexibility index (Phi) is 3.69. The second-order valence-corrected chi connectivity index (χ2v) is 5.39. The molecule has 19 heavy (non-hydrogen) atoms. The van der Waals surface area contributed by atoms with Crippen molar-refractivity contribution in [3.05, 3.63) is 23.8 Å². The Labute approximate surface area is 113 Å². The first-order valence-electron chi connectivity index (χ1n) is 7.07. The molecule has 2 aliphatic heterocycles. The van der Waals surface area contributed by atoms with Crippen LogP contribution >= 0.6 is 0 Å². The maximum Gasteiger partial charge on any atom is 0.224 e. The maximum absolute atomic E-state index is 11.3. The third kappa shape index (κ3) is 3.07. The third-order valence-electron chi connectivity index (χ3n) is 3.86. The number of piperidine rings is 1. The topological polar surface area (TPSA) is 50.4 Å². The van der Waals surface area contributed by atoms with Gasteiger partial charge in [0.25, 0.3) is 0 Å². The smallest absolute Gasteiger partial charge is 0.224 e. The largest absolute Gasteiger partial charge is 0.493 e. The minimum atomic E-state index is 0.106. The van der Waals surface area contributed by atoms with Gasteiger partial charge in [-0.05, 0) is 49.6 Å². The SMILES string of the molecule is O=C1CCc2cc(OCC3CCCNC3)ccc2N1. The highest BCUT2D eigenvalue weighted by atomic mass is 16.5. The Morgan fingerprint density at radius 1 is 1.32 bits per heavy atom. The number of anilines is 1. The van der Waals surface area contributed by atoms with Gasteiger partial charge in [-0.3, -0.25) is 4.79 Å². The summed E-state index contributed by atoms with van der Waals surface area (Å²) in [5.74, 6) is 1.64. The number of aryl methyl sites for hydroxylation is 1. The van der Waals surface area contributed by atoms with Crippen LogP contribution in [0.3, 0.4) is 0 Å². The molecule has 0 radical (unpaired) electrons. The van der Waals surface area contributed by atoms with E-state index in [4.69, 9.17) is 4.74 Å². The molecule has 1 unspecified atom stereocenters. The first kappa shape index (κ1) is 12.5. The molecule has 0 aliphatic carbocycles. The molecule has 102 valence electrons. The highest BCUT2D eigenvalue weighted by Gasteiger charge is 2.16. The van der Waals surface area contributed by atoms with Gasteiger partial charge in [-0.25, -0.2) is 0 Å². The van der Waals surface area contributed by atoms with E-state index in [2.05, 4.69) is 16.7 Å². The number of ether oxygens (including phenoxy) is 1. The summed E-state index contributed by atoms with van der Waals surface area (Å²) < 4.78 is 5.89. The van der Waals surface area contributed by atoms with E-state index in [0.717, 1.165) is 37.6 Å². The Hall–Kier alpha value is -1.55. The Balaban J connectivity index is 1.60. The molecular weight excluding hydrogens is 240 g/mol. The summed E-state index contributed by atoms with van der Waals surface area (Å²) in [6.07, 6.45) is 3.87. The molecule has 2 N–H and O–H groups in total. The lowest BCUT2D eigenvalue weighted by atomic mass is 10.0. The zero-order chi connectivity index (χ0) is 13.1. The fourth-order valence-corrected chi connectivity index (χ4v) is 2.73. The first-order valence-corrected chi connectivity index (χ1v) is 7.07. The summed E-state index contributed by atoms with van der Waals surface area (Å²) in [5.41, 5.74) is 2.11. The van der Waals surface area contributed by atoms with Gasteiger partial charge in [0.15, 0.2) is 0 Å². The van der Waals surface area contributed by atoms with E-state index in [1.165, 1.54) is 18.4 Å². The predicted molar refractivity (Wildman–Crippen MR) is 74.5 cm³/mol. The van der Waals surface area contributed by atoms with E-state index in [0.29, 0.717) is 12.3 Å². The summed E-state index contributed by atoms with van der Waals surface area (Å²) in [5, 5.41) is 6.29. The molecule has 1 atom stereocenters. The Morgan fingerprint density at radius 2 is 2.26 bits per heavy atom. The molecule has 2 aliphatic rings. The number of carbonyl (C=O) groups is 1. The maximum atomic E-state index is 11.3. The van der Waals surface area contributed by atoms with Gasteiger partial charge >= 0.3 is 0 Å². The molecule has 1 amide bonds. The van der Waals surface area contributed by atoms with E-state index < -0.39 is 0 Å². The van der Waals surface area contributed by atoms with Crippen LogP contribution in [0, 0.1) is 5.92 Å². The zero-order valence-corrected chi connectivity index (χ0v) is 11.1. The zero-order valence-electron chi connectivity index (χ0n) is 11.1. The third-order valence-corrected chi connectivity index (χ3v) is 3.86. The van der Waals surface area contributed by atoms with Gasteiger partial charge in [0.1, 0.15) is 5.75 Å². The molecule has 1 saturated heterocycles. The average molecular weight is 260 g/mol. The second-order valence-electron chi connectivity index (χ2n) is 5.39. The van der Waals surface area contributed by atoms with Crippen molar-refractivity contribution >= 4 is 11.6 Å². The van der Waals surface area contributed by atoms with Crippen molar-refractivity contribution in [3.63, 3.8) is 0 Å². The predicted octanol–water partition coefficient (Wildman–Crippen LogP) is 1.95. The lowest BCUT2D eigenvalue weighted by molar-refractivity contribution is -0.116. The van der Waals surface area contributed by atoms with E-state index >= 15 is 0 Å². The summed E-state index contributed by atoms with van der Waals surface area (Å²) >= 11 is 0. The van der Waals surface area contributed by atoms with Gasteiger partial charge in [0, 0.05) is 24.6 Å². The normalized spacial score (nSPS) is 22.5. The molecule has 3 rings (SSSR count). The molecule has 1 aromatic carbocycles. The van der Waals surface area contributed by atoms with Crippen molar-refractivity contribution in [2.24, 2.45) is 5.92 Å². The second kappa shape index (κ2) is 5.61. The highest BCUT2D eigenvalue weighted by Crippen LogP contribution is 2.27. The van der Waals surface area contributed by atoms with Crippen molar-refractivity contribution in [2.75, 3.05) is 25.0 Å². The Morgan fingerprint density at radius 3 is 3.11 bits per heavy atom. The molecular formula is C15H20N2O2. The van der Waals surface area contributed by atoms with Crippen molar-refractivity contribution < 1.29 is 9.53 Å². The summed E-state index contributed by atoms with van der Waals surface area (Å²) in [7, 11) is 0. The number of amides is 1. The molecule has 0 bridgehead atoms. The number of benzene rings is 1. The van der Waals surface area contributed by atoms with Crippen LogP contribution in [0.15, 0.2) is 18.2 Å². The van der Waals surface area contributed by atoms with Crippen molar-refractivity contribution in [1.29, 1.82) is 0 Å².